The van der Waals surface area contributed by atoms with Crippen molar-refractivity contribution >= 4 is 56.7 Å². The van der Waals surface area contributed by atoms with Crippen LogP contribution >= 0.6 is 23.6 Å². The highest BCUT2D eigenvalue weighted by Crippen LogP contribution is 2.31. The van der Waals surface area contributed by atoms with E-state index in [0.717, 1.165) is 28.4 Å². The van der Waals surface area contributed by atoms with Gasteiger partial charge >= 0.3 is 5.97 Å². The number of anilines is 2. The molecule has 0 bridgehead atoms. The van der Waals surface area contributed by atoms with Gasteiger partial charge < -0.3 is 15.4 Å². The van der Waals surface area contributed by atoms with Gasteiger partial charge in [0.15, 0.2) is 5.11 Å². The monoisotopic (exact) mass is 500 g/mol. The van der Waals surface area contributed by atoms with E-state index in [2.05, 4.69) is 33.0 Å². The molecule has 0 aliphatic heterocycles. The van der Waals surface area contributed by atoms with Crippen molar-refractivity contribution in [3.8, 4) is 0 Å². The fraction of sp³-hybridized carbons (Fsp3) is 0.111. The number of benzene rings is 3. The van der Waals surface area contributed by atoms with E-state index in [1.54, 1.807) is 6.92 Å². The first-order chi connectivity index (χ1) is 17.1. The highest BCUT2D eigenvalue weighted by molar-refractivity contribution is 7.80. The molecule has 0 saturated carbocycles. The van der Waals surface area contributed by atoms with Crippen molar-refractivity contribution in [2.75, 3.05) is 17.2 Å². The number of rotatable bonds is 8. The molecular weight excluding hydrogens is 476 g/mol. The smallest absolute Gasteiger partial charge is 0.341 e. The van der Waals surface area contributed by atoms with Crippen LogP contribution in [0.1, 0.15) is 27.7 Å². The summed E-state index contributed by atoms with van der Waals surface area (Å²) >= 11 is 6.99. The van der Waals surface area contributed by atoms with Crippen LogP contribution in [0.25, 0.3) is 0 Å². The van der Waals surface area contributed by atoms with Crippen molar-refractivity contribution in [2.45, 2.75) is 13.3 Å². The van der Waals surface area contributed by atoms with E-state index >= 15 is 0 Å². The van der Waals surface area contributed by atoms with Crippen LogP contribution < -0.4 is 10.6 Å². The number of ether oxygens (including phenoxy) is 1. The summed E-state index contributed by atoms with van der Waals surface area (Å²) in [7, 11) is 0. The van der Waals surface area contributed by atoms with E-state index in [1.165, 1.54) is 16.9 Å². The molecule has 0 amide bonds. The number of nitrogens with zero attached hydrogens (tertiary/aromatic N) is 2. The molecule has 3 aromatic carbocycles. The molecule has 4 rings (SSSR count). The molecule has 6 nitrogen and oxygen atoms in total. The molecule has 0 atom stereocenters. The summed E-state index contributed by atoms with van der Waals surface area (Å²) in [6, 6.07) is 29.0. The third-order valence-corrected chi connectivity index (χ3v) is 6.14. The zero-order chi connectivity index (χ0) is 24.5. The van der Waals surface area contributed by atoms with Crippen LogP contribution in [-0.4, -0.2) is 17.7 Å². The summed E-state index contributed by atoms with van der Waals surface area (Å²) < 4.78 is 5.24. The Labute approximate surface area is 213 Å². The van der Waals surface area contributed by atoms with E-state index in [9.17, 15) is 4.79 Å². The second-order valence-corrected chi connectivity index (χ2v) is 9.04. The van der Waals surface area contributed by atoms with Gasteiger partial charge in [0.2, 0.25) is 0 Å². The van der Waals surface area contributed by atoms with Gasteiger partial charge in [-0.1, -0.05) is 48.5 Å². The Hall–Kier alpha value is -3.88. The lowest BCUT2D eigenvalue weighted by Crippen LogP contribution is -2.20. The molecule has 0 aliphatic carbocycles. The van der Waals surface area contributed by atoms with Crippen molar-refractivity contribution < 1.29 is 9.53 Å². The summed E-state index contributed by atoms with van der Waals surface area (Å²) in [5.74, 6) is -0.374. The predicted octanol–water partition coefficient (Wildman–Crippen LogP) is 7.74. The lowest BCUT2D eigenvalue weighted by Gasteiger charge is -2.10. The summed E-state index contributed by atoms with van der Waals surface area (Å²) in [5.41, 5.74) is 3.95. The molecule has 0 fully saturated rings. The lowest BCUT2D eigenvalue weighted by atomic mass is 10.1. The Balaban J connectivity index is 1.42. The fourth-order valence-electron chi connectivity index (χ4n) is 3.27. The van der Waals surface area contributed by atoms with Gasteiger partial charge in [0.1, 0.15) is 5.00 Å². The van der Waals surface area contributed by atoms with Crippen LogP contribution in [-0.2, 0) is 11.2 Å². The van der Waals surface area contributed by atoms with Gasteiger partial charge in [0.25, 0.3) is 0 Å². The van der Waals surface area contributed by atoms with Gasteiger partial charge in [-0.25, -0.2) is 4.79 Å². The maximum absolute atomic E-state index is 12.5. The van der Waals surface area contributed by atoms with Crippen LogP contribution in [0.5, 0.6) is 0 Å². The SMILES string of the molecule is CCOC(=O)c1cc(Cc2ccccc2)sc1NC(=S)Nc1ccc(N=Nc2ccccc2)cc1. The van der Waals surface area contributed by atoms with E-state index in [-0.39, 0.29) is 5.97 Å². The quantitative estimate of drug-likeness (QED) is 0.147. The number of carbonyl (C=O) groups excluding carboxylic acids is 1. The first-order valence-corrected chi connectivity index (χ1v) is 12.3. The second-order valence-electron chi connectivity index (χ2n) is 7.50. The molecule has 35 heavy (non-hydrogen) atoms. The van der Waals surface area contributed by atoms with Crippen LogP contribution in [0.3, 0.4) is 0 Å². The van der Waals surface area contributed by atoms with E-state index in [4.69, 9.17) is 17.0 Å². The number of nitrogens with one attached hydrogen (secondary N) is 2. The van der Waals surface area contributed by atoms with Crippen LogP contribution in [0.15, 0.2) is 101 Å². The van der Waals surface area contributed by atoms with Crippen LogP contribution in [0, 0.1) is 0 Å². The van der Waals surface area contributed by atoms with Crippen molar-refractivity contribution in [1.82, 2.24) is 0 Å². The minimum absolute atomic E-state index is 0.304. The third kappa shape index (κ3) is 7.05. The molecule has 176 valence electrons. The molecule has 0 saturated heterocycles. The zero-order valence-electron chi connectivity index (χ0n) is 19.1. The van der Waals surface area contributed by atoms with Crippen molar-refractivity contribution in [3.63, 3.8) is 0 Å². The number of azo groups is 1. The van der Waals surface area contributed by atoms with E-state index < -0.39 is 0 Å². The van der Waals surface area contributed by atoms with Crippen LogP contribution in [0.2, 0.25) is 0 Å². The second kappa shape index (κ2) is 12.0. The highest BCUT2D eigenvalue weighted by atomic mass is 32.1. The van der Waals surface area contributed by atoms with Gasteiger partial charge in [-0.05, 0) is 67.2 Å². The summed E-state index contributed by atoms with van der Waals surface area (Å²) in [4.78, 5) is 13.6. The first-order valence-electron chi connectivity index (χ1n) is 11.1. The Bertz CT molecular complexity index is 1300. The molecule has 0 unspecified atom stereocenters. The summed E-state index contributed by atoms with van der Waals surface area (Å²) in [5, 5.41) is 15.8. The average Bonchev–Trinajstić information content (AvgIpc) is 3.27. The molecule has 0 spiro atoms. The molecule has 1 heterocycles. The molecule has 2 N–H and O–H groups in total. The average molecular weight is 501 g/mol. The summed E-state index contributed by atoms with van der Waals surface area (Å²) in [6.45, 7) is 2.09. The third-order valence-electron chi connectivity index (χ3n) is 4.89. The standard InChI is InChI=1S/C27H24N4O2S2/c1-2-33-26(32)24-18-23(17-19-9-5-3-6-10-19)35-25(24)29-27(34)28-20-13-15-22(16-14-20)31-30-21-11-7-4-8-12-21/h3-16,18H,2,17H2,1H3,(H2,28,29,34). The van der Waals surface area contributed by atoms with Crippen molar-refractivity contribution in [3.05, 3.63) is 107 Å². The largest absolute Gasteiger partial charge is 0.462 e. The van der Waals surface area contributed by atoms with Crippen molar-refractivity contribution in [2.24, 2.45) is 10.2 Å². The fourth-order valence-corrected chi connectivity index (χ4v) is 4.63. The number of hydrogen-bond donors (Lipinski definition) is 2. The normalized spacial score (nSPS) is 10.8. The number of thiophene rings is 1. The lowest BCUT2D eigenvalue weighted by molar-refractivity contribution is 0.0528. The predicted molar refractivity (Wildman–Crippen MR) is 146 cm³/mol. The zero-order valence-corrected chi connectivity index (χ0v) is 20.7. The van der Waals surface area contributed by atoms with Gasteiger partial charge in [-0.2, -0.15) is 10.2 Å². The minimum Gasteiger partial charge on any atom is -0.462 e. The Morgan fingerprint density at radius 3 is 2.17 bits per heavy atom. The summed E-state index contributed by atoms with van der Waals surface area (Å²) in [6.07, 6.45) is 0.721. The highest BCUT2D eigenvalue weighted by Gasteiger charge is 2.18. The molecule has 1 aromatic heterocycles. The molecule has 0 aliphatic rings. The van der Waals surface area contributed by atoms with Gasteiger partial charge in [-0.15, -0.1) is 11.3 Å². The number of thiocarbonyl (C=S) groups is 1. The van der Waals surface area contributed by atoms with Gasteiger partial charge in [-0.3, -0.25) is 0 Å². The number of esters is 1. The Kier molecular flexibility index (Phi) is 8.32. The Morgan fingerprint density at radius 2 is 1.51 bits per heavy atom. The first kappa shape index (κ1) is 24.3. The van der Waals surface area contributed by atoms with Gasteiger partial charge in [0.05, 0.1) is 23.5 Å². The maximum atomic E-state index is 12.5. The van der Waals surface area contributed by atoms with E-state index in [0.29, 0.717) is 22.3 Å². The van der Waals surface area contributed by atoms with Crippen LogP contribution in [0.4, 0.5) is 22.1 Å². The minimum atomic E-state index is -0.374. The molecule has 0 radical (unpaired) electrons. The number of carbonyl (C=O) groups is 1. The maximum Gasteiger partial charge on any atom is 0.341 e. The Morgan fingerprint density at radius 1 is 0.886 bits per heavy atom. The topological polar surface area (TPSA) is 75.1 Å². The molecule has 4 aromatic rings. The van der Waals surface area contributed by atoms with Gasteiger partial charge in [0, 0.05) is 17.0 Å². The van der Waals surface area contributed by atoms with E-state index in [1.807, 2.05) is 78.9 Å². The molecular formula is C27H24N4O2S2. The molecule has 8 heteroatoms. The van der Waals surface area contributed by atoms with Crippen molar-refractivity contribution in [1.29, 1.82) is 0 Å². The number of hydrogen-bond acceptors (Lipinski definition) is 6.